The smallest absolute Gasteiger partial charge is 0.0561 e. The van der Waals surface area contributed by atoms with Gasteiger partial charge in [-0.15, -0.1) is 11.3 Å². The Hall–Kier alpha value is -0.900. The van der Waals surface area contributed by atoms with Crippen molar-refractivity contribution >= 4 is 22.9 Å². The Labute approximate surface area is 116 Å². The van der Waals surface area contributed by atoms with E-state index in [2.05, 4.69) is 11.1 Å². The van der Waals surface area contributed by atoms with Crippen molar-refractivity contribution in [3.63, 3.8) is 0 Å². The fraction of sp³-hybridized carbons (Fsp3) is 0.357. The molecule has 4 heteroatoms. The molecule has 0 aliphatic heterocycles. The standard InChI is InChI=1S/C14H15ClN2S/c15-11-6-8-18-14(11)12(16)10-5-1-3-9-4-2-7-17-13(9)10/h2,4,6-8,10,12H,1,3,5,16H2. The second-order valence-electron chi connectivity index (χ2n) is 4.71. The SMILES string of the molecule is NC(c1sccc1Cl)C1CCCc2cccnc21. The molecule has 0 saturated heterocycles. The van der Waals surface area contributed by atoms with Crippen molar-refractivity contribution in [3.8, 4) is 0 Å². The minimum absolute atomic E-state index is 0.0357. The molecule has 2 atom stereocenters. The number of hydrogen-bond donors (Lipinski definition) is 1. The number of nitrogens with zero attached hydrogens (tertiary/aromatic N) is 1. The van der Waals surface area contributed by atoms with E-state index in [4.69, 9.17) is 17.3 Å². The minimum atomic E-state index is -0.0357. The molecule has 0 spiro atoms. The van der Waals surface area contributed by atoms with Crippen LogP contribution in [-0.2, 0) is 6.42 Å². The molecule has 2 N–H and O–H groups in total. The molecule has 0 aromatic carbocycles. The van der Waals surface area contributed by atoms with Gasteiger partial charge in [-0.25, -0.2) is 0 Å². The number of aryl methyl sites for hydroxylation is 1. The molecule has 0 fully saturated rings. The highest BCUT2D eigenvalue weighted by Crippen LogP contribution is 2.41. The Morgan fingerprint density at radius 1 is 1.44 bits per heavy atom. The molecule has 2 heterocycles. The van der Waals surface area contributed by atoms with E-state index in [1.54, 1.807) is 11.3 Å². The van der Waals surface area contributed by atoms with Gasteiger partial charge in [0.15, 0.2) is 0 Å². The summed E-state index contributed by atoms with van der Waals surface area (Å²) in [6, 6.07) is 6.05. The van der Waals surface area contributed by atoms with Crippen molar-refractivity contribution in [2.45, 2.75) is 31.2 Å². The average molecular weight is 279 g/mol. The van der Waals surface area contributed by atoms with E-state index in [-0.39, 0.29) is 6.04 Å². The van der Waals surface area contributed by atoms with E-state index < -0.39 is 0 Å². The van der Waals surface area contributed by atoms with E-state index in [9.17, 15) is 0 Å². The molecule has 2 aromatic rings. The van der Waals surface area contributed by atoms with E-state index >= 15 is 0 Å². The van der Waals surface area contributed by atoms with E-state index in [0.29, 0.717) is 5.92 Å². The molecule has 94 valence electrons. The second kappa shape index (κ2) is 5.00. The summed E-state index contributed by atoms with van der Waals surface area (Å²) in [5, 5.41) is 2.79. The quantitative estimate of drug-likeness (QED) is 0.904. The number of aromatic nitrogens is 1. The number of pyridine rings is 1. The maximum atomic E-state index is 6.42. The lowest BCUT2D eigenvalue weighted by Crippen LogP contribution is -2.24. The number of rotatable bonds is 2. The minimum Gasteiger partial charge on any atom is -0.323 e. The van der Waals surface area contributed by atoms with Gasteiger partial charge in [0, 0.05) is 28.7 Å². The average Bonchev–Trinajstić information content (AvgIpc) is 2.83. The van der Waals surface area contributed by atoms with Crippen LogP contribution < -0.4 is 5.73 Å². The van der Waals surface area contributed by atoms with Crippen LogP contribution in [0.15, 0.2) is 29.8 Å². The Morgan fingerprint density at radius 2 is 2.33 bits per heavy atom. The Kier molecular flexibility index (Phi) is 3.37. The van der Waals surface area contributed by atoms with Crippen LogP contribution in [0.25, 0.3) is 0 Å². The molecule has 0 bridgehead atoms. The zero-order chi connectivity index (χ0) is 12.5. The molecule has 2 unspecified atom stereocenters. The van der Waals surface area contributed by atoms with Crippen LogP contribution in [0.2, 0.25) is 5.02 Å². The van der Waals surface area contributed by atoms with Gasteiger partial charge < -0.3 is 5.73 Å². The molecule has 2 nitrogen and oxygen atoms in total. The van der Waals surface area contributed by atoms with Crippen molar-refractivity contribution in [2.75, 3.05) is 0 Å². The van der Waals surface area contributed by atoms with Gasteiger partial charge in [0.1, 0.15) is 0 Å². The van der Waals surface area contributed by atoms with Gasteiger partial charge in [-0.3, -0.25) is 4.98 Å². The van der Waals surface area contributed by atoms with Crippen LogP contribution in [0.5, 0.6) is 0 Å². The van der Waals surface area contributed by atoms with Crippen LogP contribution in [0.4, 0.5) is 0 Å². The van der Waals surface area contributed by atoms with E-state index in [1.165, 1.54) is 17.7 Å². The normalized spacial score (nSPS) is 20.4. The summed E-state index contributed by atoms with van der Waals surface area (Å²) in [6.45, 7) is 0. The zero-order valence-corrected chi connectivity index (χ0v) is 11.5. The number of hydrogen-bond acceptors (Lipinski definition) is 3. The number of nitrogens with two attached hydrogens (primary N) is 1. The van der Waals surface area contributed by atoms with Gasteiger partial charge in [0.25, 0.3) is 0 Å². The van der Waals surface area contributed by atoms with Gasteiger partial charge >= 0.3 is 0 Å². The largest absolute Gasteiger partial charge is 0.323 e. The molecule has 3 rings (SSSR count). The molecule has 18 heavy (non-hydrogen) atoms. The molecule has 2 aromatic heterocycles. The number of fused-ring (bicyclic) bond motifs is 1. The van der Waals surface area contributed by atoms with Crippen molar-refractivity contribution in [1.82, 2.24) is 4.98 Å². The highest BCUT2D eigenvalue weighted by atomic mass is 35.5. The molecular weight excluding hydrogens is 264 g/mol. The third kappa shape index (κ3) is 2.07. The first-order valence-corrected chi connectivity index (χ1v) is 7.45. The van der Waals surface area contributed by atoms with Crippen molar-refractivity contribution in [3.05, 3.63) is 50.9 Å². The van der Waals surface area contributed by atoms with Gasteiger partial charge in [-0.1, -0.05) is 17.7 Å². The van der Waals surface area contributed by atoms with E-state index in [0.717, 1.165) is 22.7 Å². The van der Waals surface area contributed by atoms with Gasteiger partial charge in [0.2, 0.25) is 0 Å². The van der Waals surface area contributed by atoms with Crippen molar-refractivity contribution in [2.24, 2.45) is 5.73 Å². The van der Waals surface area contributed by atoms with Crippen molar-refractivity contribution < 1.29 is 0 Å². The number of halogens is 1. The molecule has 0 radical (unpaired) electrons. The third-order valence-electron chi connectivity index (χ3n) is 3.62. The van der Waals surface area contributed by atoms with E-state index in [1.807, 2.05) is 23.7 Å². The van der Waals surface area contributed by atoms with Crippen LogP contribution in [0, 0.1) is 0 Å². The first kappa shape index (κ1) is 12.2. The Balaban J connectivity index is 1.97. The fourth-order valence-corrected chi connectivity index (χ4v) is 3.97. The molecule has 0 saturated carbocycles. The second-order valence-corrected chi connectivity index (χ2v) is 6.06. The summed E-state index contributed by atoms with van der Waals surface area (Å²) >= 11 is 7.83. The maximum Gasteiger partial charge on any atom is 0.0561 e. The Bertz CT molecular complexity index is 552. The molecule has 0 amide bonds. The first-order valence-electron chi connectivity index (χ1n) is 6.19. The summed E-state index contributed by atoms with van der Waals surface area (Å²) < 4.78 is 0. The van der Waals surface area contributed by atoms with Gasteiger partial charge in [0.05, 0.1) is 5.02 Å². The highest BCUT2D eigenvalue weighted by molar-refractivity contribution is 7.10. The van der Waals surface area contributed by atoms with Gasteiger partial charge in [-0.2, -0.15) is 0 Å². The molecule has 1 aliphatic carbocycles. The summed E-state index contributed by atoms with van der Waals surface area (Å²) in [4.78, 5) is 5.63. The number of thiophene rings is 1. The maximum absolute atomic E-state index is 6.42. The van der Waals surface area contributed by atoms with Crippen LogP contribution in [0.1, 0.15) is 40.9 Å². The predicted molar refractivity (Wildman–Crippen MR) is 76.2 cm³/mol. The summed E-state index contributed by atoms with van der Waals surface area (Å²) in [6.07, 6.45) is 5.25. The fourth-order valence-electron chi connectivity index (χ4n) is 2.72. The lowest BCUT2D eigenvalue weighted by Gasteiger charge is -2.28. The summed E-state index contributed by atoms with van der Waals surface area (Å²) in [5.74, 6) is 0.297. The van der Waals surface area contributed by atoms with Crippen LogP contribution in [0.3, 0.4) is 0 Å². The highest BCUT2D eigenvalue weighted by Gasteiger charge is 2.29. The summed E-state index contributed by atoms with van der Waals surface area (Å²) in [5.41, 5.74) is 8.93. The molecule has 1 aliphatic rings. The predicted octanol–water partition coefficient (Wildman–Crippen LogP) is 3.92. The zero-order valence-electron chi connectivity index (χ0n) is 9.97. The summed E-state index contributed by atoms with van der Waals surface area (Å²) in [7, 11) is 0. The van der Waals surface area contributed by atoms with Crippen LogP contribution in [-0.4, -0.2) is 4.98 Å². The topological polar surface area (TPSA) is 38.9 Å². The van der Waals surface area contributed by atoms with Crippen LogP contribution >= 0.6 is 22.9 Å². The van der Waals surface area contributed by atoms with Crippen molar-refractivity contribution in [1.29, 1.82) is 0 Å². The first-order chi connectivity index (χ1) is 8.77. The lowest BCUT2D eigenvalue weighted by atomic mass is 9.82. The third-order valence-corrected chi connectivity index (χ3v) is 5.08. The van der Waals surface area contributed by atoms with Gasteiger partial charge in [-0.05, 0) is 42.3 Å². The Morgan fingerprint density at radius 3 is 3.11 bits per heavy atom. The monoisotopic (exact) mass is 278 g/mol. The lowest BCUT2D eigenvalue weighted by molar-refractivity contribution is 0.467. The molecular formula is C14H15ClN2S.